The zero-order chi connectivity index (χ0) is 19.8. The molecule has 142 valence electrons. The summed E-state index contributed by atoms with van der Waals surface area (Å²) < 4.78 is 11.4. The van der Waals surface area contributed by atoms with Gasteiger partial charge in [0.15, 0.2) is 5.43 Å². The van der Waals surface area contributed by atoms with Crippen molar-refractivity contribution in [3.8, 4) is 5.95 Å². The Hall–Kier alpha value is -2.07. The van der Waals surface area contributed by atoms with Gasteiger partial charge in [-0.15, -0.1) is 0 Å². The second-order valence-corrected chi connectivity index (χ2v) is 7.49. The number of hydrogen-bond donors (Lipinski definition) is 1. The SMILES string of the molecule is C=C(C(O)CC)C1C(C)=CC(C)=CC1(C)c1oc(OC)c(C)c(=O)c1C. The smallest absolute Gasteiger partial charge is 0.291 e. The maximum absolute atomic E-state index is 12.7. The molecule has 3 unspecified atom stereocenters. The maximum atomic E-state index is 12.7. The van der Waals surface area contributed by atoms with Crippen LogP contribution in [-0.2, 0) is 5.41 Å². The van der Waals surface area contributed by atoms with Crippen molar-refractivity contribution in [1.29, 1.82) is 0 Å². The monoisotopic (exact) mass is 358 g/mol. The number of hydrogen-bond acceptors (Lipinski definition) is 4. The Bertz CT molecular complexity index is 840. The summed E-state index contributed by atoms with van der Waals surface area (Å²) in [5.41, 5.74) is 3.21. The molecule has 2 rings (SSSR count). The van der Waals surface area contributed by atoms with E-state index in [4.69, 9.17) is 9.15 Å². The lowest BCUT2D eigenvalue weighted by Gasteiger charge is -2.41. The third-order valence-corrected chi connectivity index (χ3v) is 5.42. The molecule has 1 aliphatic carbocycles. The summed E-state index contributed by atoms with van der Waals surface area (Å²) in [4.78, 5) is 12.7. The van der Waals surface area contributed by atoms with E-state index in [-0.39, 0.29) is 17.3 Å². The maximum Gasteiger partial charge on any atom is 0.291 e. The quantitative estimate of drug-likeness (QED) is 0.794. The molecule has 0 bridgehead atoms. The van der Waals surface area contributed by atoms with Crippen molar-refractivity contribution in [2.75, 3.05) is 7.11 Å². The van der Waals surface area contributed by atoms with Crippen molar-refractivity contribution in [3.05, 3.63) is 62.6 Å². The van der Waals surface area contributed by atoms with Crippen LogP contribution in [0.4, 0.5) is 0 Å². The van der Waals surface area contributed by atoms with Crippen LogP contribution in [0.1, 0.15) is 51.0 Å². The zero-order valence-corrected chi connectivity index (χ0v) is 16.9. The molecule has 0 fully saturated rings. The predicted molar refractivity (Wildman–Crippen MR) is 105 cm³/mol. The van der Waals surface area contributed by atoms with Crippen molar-refractivity contribution in [2.45, 2.75) is 59.5 Å². The number of aliphatic hydroxyl groups is 1. The lowest BCUT2D eigenvalue weighted by Crippen LogP contribution is -2.39. The van der Waals surface area contributed by atoms with Crippen LogP contribution in [-0.4, -0.2) is 18.3 Å². The lowest BCUT2D eigenvalue weighted by atomic mass is 9.63. The van der Waals surface area contributed by atoms with Crippen LogP contribution in [0.2, 0.25) is 0 Å². The molecule has 0 saturated carbocycles. The minimum Gasteiger partial charge on any atom is -0.468 e. The molecule has 0 aromatic carbocycles. The summed E-state index contributed by atoms with van der Waals surface area (Å²) >= 11 is 0. The van der Waals surface area contributed by atoms with Gasteiger partial charge in [-0.05, 0) is 46.6 Å². The molecule has 1 heterocycles. The highest BCUT2D eigenvalue weighted by molar-refractivity contribution is 5.47. The molecule has 4 nitrogen and oxygen atoms in total. The van der Waals surface area contributed by atoms with Crippen LogP contribution in [0.3, 0.4) is 0 Å². The average Bonchev–Trinajstić information content (AvgIpc) is 2.58. The van der Waals surface area contributed by atoms with E-state index >= 15 is 0 Å². The van der Waals surface area contributed by atoms with Gasteiger partial charge in [-0.3, -0.25) is 4.79 Å². The number of rotatable bonds is 5. The second kappa shape index (κ2) is 7.28. The number of aliphatic hydroxyl groups excluding tert-OH is 1. The first kappa shape index (κ1) is 20.2. The van der Waals surface area contributed by atoms with Gasteiger partial charge < -0.3 is 14.3 Å². The Morgan fingerprint density at radius 3 is 2.50 bits per heavy atom. The summed E-state index contributed by atoms with van der Waals surface area (Å²) in [6, 6.07) is 0. The highest BCUT2D eigenvalue weighted by Crippen LogP contribution is 2.47. The molecule has 1 aromatic rings. The minimum absolute atomic E-state index is 0.0806. The Morgan fingerprint density at radius 2 is 1.96 bits per heavy atom. The fraction of sp³-hybridized carbons (Fsp3) is 0.500. The number of methoxy groups -OCH3 is 1. The highest BCUT2D eigenvalue weighted by Gasteiger charge is 2.44. The van der Waals surface area contributed by atoms with Crippen LogP contribution >= 0.6 is 0 Å². The molecule has 1 aromatic heterocycles. The average molecular weight is 358 g/mol. The van der Waals surface area contributed by atoms with Crippen molar-refractivity contribution in [1.82, 2.24) is 0 Å². The molecule has 0 aliphatic heterocycles. The largest absolute Gasteiger partial charge is 0.468 e. The summed E-state index contributed by atoms with van der Waals surface area (Å²) in [6.45, 7) is 15.7. The van der Waals surface area contributed by atoms with Crippen molar-refractivity contribution < 1.29 is 14.3 Å². The van der Waals surface area contributed by atoms with E-state index in [0.717, 1.165) is 16.7 Å². The van der Waals surface area contributed by atoms with E-state index in [1.165, 1.54) is 7.11 Å². The molecule has 4 heteroatoms. The molecule has 3 atom stereocenters. The van der Waals surface area contributed by atoms with Crippen molar-refractivity contribution in [3.63, 3.8) is 0 Å². The van der Waals surface area contributed by atoms with E-state index in [1.807, 2.05) is 27.7 Å². The fourth-order valence-electron chi connectivity index (χ4n) is 4.27. The van der Waals surface area contributed by atoms with Gasteiger partial charge in [0, 0.05) is 11.5 Å². The number of ether oxygens (including phenoxy) is 1. The van der Waals surface area contributed by atoms with Gasteiger partial charge in [0.1, 0.15) is 5.76 Å². The van der Waals surface area contributed by atoms with Gasteiger partial charge in [0.05, 0.1) is 24.2 Å². The van der Waals surface area contributed by atoms with Crippen LogP contribution < -0.4 is 10.2 Å². The van der Waals surface area contributed by atoms with Gasteiger partial charge in [-0.25, -0.2) is 0 Å². The Kier molecular flexibility index (Phi) is 5.67. The van der Waals surface area contributed by atoms with Gasteiger partial charge in [-0.1, -0.05) is 36.8 Å². The van der Waals surface area contributed by atoms with Gasteiger partial charge >= 0.3 is 0 Å². The molecule has 26 heavy (non-hydrogen) atoms. The van der Waals surface area contributed by atoms with E-state index in [9.17, 15) is 9.90 Å². The lowest BCUT2D eigenvalue weighted by molar-refractivity contribution is 0.181. The summed E-state index contributed by atoms with van der Waals surface area (Å²) in [5, 5.41) is 10.4. The third-order valence-electron chi connectivity index (χ3n) is 5.42. The number of allylic oxidation sites excluding steroid dienone is 4. The fourth-order valence-corrected chi connectivity index (χ4v) is 4.27. The first-order chi connectivity index (χ1) is 12.1. The zero-order valence-electron chi connectivity index (χ0n) is 16.9. The highest BCUT2D eigenvalue weighted by atomic mass is 16.6. The molecular weight excluding hydrogens is 328 g/mol. The van der Waals surface area contributed by atoms with E-state index in [0.29, 0.717) is 23.3 Å². The van der Waals surface area contributed by atoms with Crippen molar-refractivity contribution >= 4 is 0 Å². The van der Waals surface area contributed by atoms with Crippen molar-refractivity contribution in [2.24, 2.45) is 5.92 Å². The molecule has 1 N–H and O–H groups in total. The van der Waals surface area contributed by atoms with E-state index < -0.39 is 11.5 Å². The minimum atomic E-state index is -0.639. The molecule has 0 spiro atoms. The molecule has 0 saturated heterocycles. The van der Waals surface area contributed by atoms with Crippen LogP contribution in [0, 0.1) is 19.8 Å². The van der Waals surface area contributed by atoms with Crippen LogP contribution in [0.25, 0.3) is 0 Å². The standard InChI is InChI=1S/C22H30O4/c1-9-17(23)14(4)18-13(3)10-12(2)11-22(18,7)20-15(5)19(24)16(6)21(25-8)26-20/h10-11,17-18,23H,4,9H2,1-3,5-8H3. The normalized spacial score (nSPS) is 23.9. The summed E-state index contributed by atoms with van der Waals surface area (Å²) in [6.07, 6.45) is 4.16. The predicted octanol–water partition coefficient (Wildman–Crippen LogP) is 4.37. The summed E-state index contributed by atoms with van der Waals surface area (Å²) in [7, 11) is 1.50. The van der Waals surface area contributed by atoms with Gasteiger partial charge in [0.2, 0.25) is 0 Å². The third kappa shape index (κ3) is 3.18. The topological polar surface area (TPSA) is 59.7 Å². The van der Waals surface area contributed by atoms with Crippen LogP contribution in [0.5, 0.6) is 5.95 Å². The van der Waals surface area contributed by atoms with Gasteiger partial charge in [0.25, 0.3) is 5.95 Å². The van der Waals surface area contributed by atoms with E-state index in [2.05, 4.69) is 18.7 Å². The second-order valence-electron chi connectivity index (χ2n) is 7.49. The first-order valence-corrected chi connectivity index (χ1v) is 9.01. The molecular formula is C22H30O4. The van der Waals surface area contributed by atoms with E-state index in [1.54, 1.807) is 13.8 Å². The molecule has 0 amide bonds. The van der Waals surface area contributed by atoms with Gasteiger partial charge in [-0.2, -0.15) is 0 Å². The molecule has 1 aliphatic rings. The Morgan fingerprint density at radius 1 is 1.35 bits per heavy atom. The summed E-state index contributed by atoms with van der Waals surface area (Å²) in [5.74, 6) is 0.622. The first-order valence-electron chi connectivity index (χ1n) is 9.01. The molecule has 0 radical (unpaired) electrons. The Balaban J connectivity index is 2.78. The van der Waals surface area contributed by atoms with Crippen LogP contribution in [0.15, 0.2) is 44.7 Å². The Labute approximate surface area is 155 Å².